The Labute approximate surface area is 105 Å². The van der Waals surface area contributed by atoms with E-state index in [9.17, 15) is 9.18 Å². The molecule has 0 aliphatic carbocycles. The summed E-state index contributed by atoms with van der Waals surface area (Å²) in [5, 5.41) is 3.65. The highest BCUT2D eigenvalue weighted by molar-refractivity contribution is 6.30. The van der Waals surface area contributed by atoms with E-state index in [1.165, 1.54) is 12.1 Å². The van der Waals surface area contributed by atoms with E-state index in [1.807, 2.05) is 0 Å². The van der Waals surface area contributed by atoms with Crippen molar-refractivity contribution in [2.24, 2.45) is 0 Å². The summed E-state index contributed by atoms with van der Waals surface area (Å²) in [6.45, 7) is 1.70. The quantitative estimate of drug-likeness (QED) is 0.842. The van der Waals surface area contributed by atoms with Crippen molar-refractivity contribution >= 4 is 17.9 Å². The van der Waals surface area contributed by atoms with Crippen molar-refractivity contribution in [1.29, 1.82) is 0 Å². The highest BCUT2D eigenvalue weighted by Gasteiger charge is 2.33. The maximum atomic E-state index is 13.4. The van der Waals surface area contributed by atoms with Gasteiger partial charge in [-0.1, -0.05) is 11.6 Å². The molecule has 0 atom stereocenters. The van der Waals surface area contributed by atoms with E-state index in [4.69, 9.17) is 11.6 Å². The number of hydrogen-bond donors (Lipinski definition) is 1. The van der Waals surface area contributed by atoms with Crippen LogP contribution in [0.4, 0.5) is 4.39 Å². The smallest absolute Gasteiger partial charge is 0.124 e. The normalized spacial score (nSPS) is 18.9. The molecule has 17 heavy (non-hydrogen) atoms. The predicted octanol–water partition coefficient (Wildman–Crippen LogP) is 2.69. The van der Waals surface area contributed by atoms with Crippen molar-refractivity contribution in [1.82, 2.24) is 5.32 Å². The molecule has 1 fully saturated rings. The Bertz CT molecular complexity index is 396. The fraction of sp³-hybridized carbons (Fsp3) is 0.462. The third kappa shape index (κ3) is 2.67. The highest BCUT2D eigenvalue weighted by Crippen LogP contribution is 2.37. The summed E-state index contributed by atoms with van der Waals surface area (Å²) < 4.78 is 13.4. The van der Waals surface area contributed by atoms with Gasteiger partial charge in [-0.15, -0.1) is 0 Å². The molecule has 0 bridgehead atoms. The van der Waals surface area contributed by atoms with E-state index < -0.39 is 0 Å². The van der Waals surface area contributed by atoms with Crippen LogP contribution < -0.4 is 5.32 Å². The van der Waals surface area contributed by atoms with Crippen LogP contribution in [0, 0.1) is 5.82 Å². The molecule has 0 radical (unpaired) electrons. The minimum atomic E-state index is -0.337. The number of carbonyl (C=O) groups excluding carboxylic acids is 1. The van der Waals surface area contributed by atoms with Crippen LogP contribution in [0.25, 0.3) is 0 Å². The molecule has 0 saturated carbocycles. The molecule has 4 heteroatoms. The van der Waals surface area contributed by atoms with Gasteiger partial charge in [0.05, 0.1) is 0 Å². The summed E-state index contributed by atoms with van der Waals surface area (Å²) in [4.78, 5) is 10.9. The van der Waals surface area contributed by atoms with E-state index in [1.54, 1.807) is 6.07 Å². The number of aldehydes is 1. The maximum Gasteiger partial charge on any atom is 0.124 e. The first-order valence-electron chi connectivity index (χ1n) is 5.77. The lowest BCUT2D eigenvalue weighted by molar-refractivity contribution is -0.109. The second-order valence-electron chi connectivity index (χ2n) is 4.56. The van der Waals surface area contributed by atoms with Crippen molar-refractivity contribution in [2.75, 3.05) is 13.1 Å². The maximum absolute atomic E-state index is 13.4. The van der Waals surface area contributed by atoms with Gasteiger partial charge in [0.2, 0.25) is 0 Å². The molecule has 2 rings (SSSR count). The zero-order chi connectivity index (χ0) is 12.3. The Morgan fingerprint density at radius 3 is 2.65 bits per heavy atom. The summed E-state index contributed by atoms with van der Waals surface area (Å²) >= 11 is 5.89. The second kappa shape index (κ2) is 5.15. The summed E-state index contributed by atoms with van der Waals surface area (Å²) in [6.07, 6.45) is 3.02. The molecule has 0 aromatic heterocycles. The molecule has 1 aliphatic heterocycles. The monoisotopic (exact) mass is 255 g/mol. The van der Waals surface area contributed by atoms with Crippen LogP contribution in [-0.4, -0.2) is 19.4 Å². The number of halogens is 2. The molecule has 1 heterocycles. The van der Waals surface area contributed by atoms with Gasteiger partial charge in [0.25, 0.3) is 0 Å². The fourth-order valence-corrected chi connectivity index (χ4v) is 2.76. The van der Waals surface area contributed by atoms with E-state index in [-0.39, 0.29) is 11.2 Å². The molecule has 1 saturated heterocycles. The van der Waals surface area contributed by atoms with Crippen molar-refractivity contribution in [3.05, 3.63) is 34.6 Å². The van der Waals surface area contributed by atoms with Crippen LogP contribution in [0.15, 0.2) is 18.2 Å². The molecule has 1 aliphatic rings. The number of carbonyl (C=O) groups is 1. The molecule has 2 nitrogen and oxygen atoms in total. The van der Waals surface area contributed by atoms with Crippen LogP contribution in [0.5, 0.6) is 0 Å². The SMILES string of the molecule is O=CCC1(c2cc(F)cc(Cl)c2)CCNCC1. The van der Waals surface area contributed by atoms with Crippen LogP contribution in [0.1, 0.15) is 24.8 Å². The van der Waals surface area contributed by atoms with E-state index in [0.29, 0.717) is 11.4 Å². The van der Waals surface area contributed by atoms with Gasteiger partial charge in [-0.25, -0.2) is 4.39 Å². The van der Waals surface area contributed by atoms with Gasteiger partial charge in [0.15, 0.2) is 0 Å². The van der Waals surface area contributed by atoms with Crippen LogP contribution in [-0.2, 0) is 10.2 Å². The number of hydrogen-bond acceptors (Lipinski definition) is 2. The summed E-state index contributed by atoms with van der Waals surface area (Å²) in [7, 11) is 0. The lowest BCUT2D eigenvalue weighted by atomic mass is 9.71. The summed E-state index contributed by atoms with van der Waals surface area (Å²) in [5.74, 6) is -0.337. The lowest BCUT2D eigenvalue weighted by Gasteiger charge is -2.37. The molecule has 0 unspecified atom stereocenters. The lowest BCUT2D eigenvalue weighted by Crippen LogP contribution is -2.40. The number of benzene rings is 1. The topological polar surface area (TPSA) is 29.1 Å². The van der Waals surface area contributed by atoms with E-state index >= 15 is 0 Å². The Morgan fingerprint density at radius 1 is 1.35 bits per heavy atom. The Morgan fingerprint density at radius 2 is 2.06 bits per heavy atom. The van der Waals surface area contributed by atoms with Gasteiger partial charge < -0.3 is 10.1 Å². The largest absolute Gasteiger partial charge is 0.317 e. The highest BCUT2D eigenvalue weighted by atomic mass is 35.5. The molecule has 92 valence electrons. The van der Waals surface area contributed by atoms with Crippen molar-refractivity contribution in [2.45, 2.75) is 24.7 Å². The second-order valence-corrected chi connectivity index (χ2v) is 5.00. The molecule has 0 spiro atoms. The first kappa shape index (κ1) is 12.5. The minimum Gasteiger partial charge on any atom is -0.317 e. The van der Waals surface area contributed by atoms with Crippen LogP contribution in [0.2, 0.25) is 5.02 Å². The first-order chi connectivity index (χ1) is 8.16. The Kier molecular flexibility index (Phi) is 3.79. The van der Waals surface area contributed by atoms with Crippen molar-refractivity contribution in [3.8, 4) is 0 Å². The third-order valence-corrected chi connectivity index (χ3v) is 3.73. The van der Waals surface area contributed by atoms with Crippen molar-refractivity contribution < 1.29 is 9.18 Å². The Hall–Kier alpha value is -0.930. The zero-order valence-corrected chi connectivity index (χ0v) is 10.3. The molecule has 1 N–H and O–H groups in total. The van der Waals surface area contributed by atoms with Crippen LogP contribution >= 0.6 is 11.6 Å². The molecule has 1 aromatic rings. The zero-order valence-electron chi connectivity index (χ0n) is 9.51. The first-order valence-corrected chi connectivity index (χ1v) is 6.15. The van der Waals surface area contributed by atoms with Gasteiger partial charge >= 0.3 is 0 Å². The molecule has 0 amide bonds. The van der Waals surface area contributed by atoms with E-state index in [2.05, 4.69) is 5.32 Å². The van der Waals surface area contributed by atoms with Crippen molar-refractivity contribution in [3.63, 3.8) is 0 Å². The third-order valence-electron chi connectivity index (χ3n) is 3.51. The van der Waals surface area contributed by atoms with Gasteiger partial charge in [0.1, 0.15) is 12.1 Å². The van der Waals surface area contributed by atoms with Gasteiger partial charge in [-0.05, 0) is 49.7 Å². The number of piperidine rings is 1. The predicted molar refractivity (Wildman–Crippen MR) is 65.9 cm³/mol. The number of nitrogens with one attached hydrogen (secondary N) is 1. The minimum absolute atomic E-state index is 0.251. The molecule has 1 aromatic carbocycles. The standard InChI is InChI=1S/C13H15ClFNO/c14-11-7-10(8-12(15)9-11)13(3-6-17)1-4-16-5-2-13/h6-9,16H,1-5H2. The number of rotatable bonds is 3. The Balaban J connectivity index is 2.40. The average Bonchev–Trinajstić information content (AvgIpc) is 2.29. The fourth-order valence-electron chi connectivity index (χ4n) is 2.54. The molecular formula is C13H15ClFNO. The average molecular weight is 256 g/mol. The summed E-state index contributed by atoms with van der Waals surface area (Å²) in [5.41, 5.74) is 0.592. The van der Waals surface area contributed by atoms with Gasteiger partial charge in [0, 0.05) is 16.9 Å². The van der Waals surface area contributed by atoms with Gasteiger partial charge in [-0.2, -0.15) is 0 Å². The van der Waals surface area contributed by atoms with E-state index in [0.717, 1.165) is 37.8 Å². The van der Waals surface area contributed by atoms with Crippen LogP contribution in [0.3, 0.4) is 0 Å². The molecular weight excluding hydrogens is 241 g/mol. The summed E-state index contributed by atoms with van der Waals surface area (Å²) in [6, 6.07) is 4.57. The van der Waals surface area contributed by atoms with Gasteiger partial charge in [-0.3, -0.25) is 0 Å².